The van der Waals surface area contributed by atoms with E-state index in [0.717, 1.165) is 42.7 Å². The normalized spacial score (nSPS) is 31.2. The Bertz CT molecular complexity index is 1100. The van der Waals surface area contributed by atoms with Gasteiger partial charge in [0.05, 0.1) is 0 Å². The zero-order valence-electron chi connectivity index (χ0n) is 16.0. The number of halogens is 1. The lowest BCUT2D eigenvalue weighted by atomic mass is 9.49. The number of rotatable bonds is 5. The van der Waals surface area contributed by atoms with Crippen LogP contribution in [0.4, 0.5) is 0 Å². The van der Waals surface area contributed by atoms with E-state index in [1.807, 2.05) is 42.6 Å². The Labute approximate surface area is 175 Å². The van der Waals surface area contributed by atoms with Gasteiger partial charge in [0, 0.05) is 30.2 Å². The molecule has 9 heteroatoms. The van der Waals surface area contributed by atoms with E-state index in [1.54, 1.807) is 0 Å². The molecule has 5 rings (SSSR count). The molecular weight excluding hydrogens is 412 g/mol. The van der Waals surface area contributed by atoms with Gasteiger partial charge in [0.15, 0.2) is 11.5 Å². The number of benzene rings is 1. The summed E-state index contributed by atoms with van der Waals surface area (Å²) in [4.78, 5) is 6.73. The first-order valence-corrected chi connectivity index (χ1v) is 11.6. The summed E-state index contributed by atoms with van der Waals surface area (Å²) in [5, 5.41) is 0.663. The molecular formula is C20H23ClN4O3S. The fourth-order valence-corrected chi connectivity index (χ4v) is 5.72. The molecule has 2 saturated carbocycles. The highest BCUT2D eigenvalue weighted by molar-refractivity contribution is 7.87. The molecule has 1 aliphatic heterocycles. The SMILES string of the molecule is CNS(=O)(=O)NC1C=CC=CN1C1CC2(CC(c3nc4cc(Cl)ccc4o3)C2)C1. The van der Waals surface area contributed by atoms with Crippen molar-refractivity contribution in [1.82, 2.24) is 19.3 Å². The molecule has 0 amide bonds. The lowest BCUT2D eigenvalue weighted by molar-refractivity contribution is -0.0660. The highest BCUT2D eigenvalue weighted by Gasteiger charge is 2.56. The molecule has 1 aromatic heterocycles. The Morgan fingerprint density at radius 2 is 2.03 bits per heavy atom. The third-order valence-corrected chi connectivity index (χ3v) is 7.69. The summed E-state index contributed by atoms with van der Waals surface area (Å²) < 4.78 is 34.7. The van der Waals surface area contributed by atoms with E-state index in [1.165, 1.54) is 7.05 Å². The fourth-order valence-electron chi connectivity index (χ4n) is 4.91. The molecule has 2 N–H and O–H groups in total. The molecule has 3 aliphatic rings. The van der Waals surface area contributed by atoms with Crippen LogP contribution in [-0.2, 0) is 10.2 Å². The quantitative estimate of drug-likeness (QED) is 0.754. The van der Waals surface area contributed by atoms with Gasteiger partial charge in [0.2, 0.25) is 0 Å². The molecule has 0 bridgehead atoms. The number of nitrogens with one attached hydrogen (secondary N) is 2. The van der Waals surface area contributed by atoms with E-state index in [0.29, 0.717) is 22.4 Å². The lowest BCUT2D eigenvalue weighted by Crippen LogP contribution is -2.60. The van der Waals surface area contributed by atoms with Gasteiger partial charge in [-0.1, -0.05) is 17.7 Å². The molecule has 29 heavy (non-hydrogen) atoms. The van der Waals surface area contributed by atoms with Crippen LogP contribution in [0.2, 0.25) is 5.02 Å². The number of allylic oxidation sites excluding steroid dienone is 2. The minimum atomic E-state index is -3.51. The molecule has 1 atom stereocenters. The second kappa shape index (κ2) is 6.84. The molecule has 2 fully saturated rings. The summed E-state index contributed by atoms with van der Waals surface area (Å²) in [5.41, 5.74) is 1.90. The Hall–Kier alpha value is -1.87. The Balaban J connectivity index is 1.22. The van der Waals surface area contributed by atoms with E-state index in [2.05, 4.69) is 19.3 Å². The molecule has 1 spiro atoms. The van der Waals surface area contributed by atoms with Gasteiger partial charge in [-0.15, -0.1) is 0 Å². The highest BCUT2D eigenvalue weighted by atomic mass is 35.5. The molecule has 1 unspecified atom stereocenters. The molecule has 2 heterocycles. The van der Waals surface area contributed by atoms with Gasteiger partial charge >= 0.3 is 0 Å². The molecule has 7 nitrogen and oxygen atoms in total. The molecule has 0 radical (unpaired) electrons. The van der Waals surface area contributed by atoms with Crippen LogP contribution in [-0.4, -0.2) is 37.6 Å². The maximum Gasteiger partial charge on any atom is 0.278 e. The van der Waals surface area contributed by atoms with E-state index >= 15 is 0 Å². The number of hydrogen-bond acceptors (Lipinski definition) is 5. The van der Waals surface area contributed by atoms with Crippen molar-refractivity contribution in [3.63, 3.8) is 0 Å². The Morgan fingerprint density at radius 1 is 1.24 bits per heavy atom. The first-order valence-electron chi connectivity index (χ1n) is 9.76. The van der Waals surface area contributed by atoms with Crippen LogP contribution in [0.25, 0.3) is 11.1 Å². The maximum atomic E-state index is 11.9. The van der Waals surface area contributed by atoms with Crippen LogP contribution in [0.3, 0.4) is 0 Å². The molecule has 2 aromatic rings. The van der Waals surface area contributed by atoms with Gasteiger partial charge < -0.3 is 9.32 Å². The predicted molar refractivity (Wildman–Crippen MR) is 111 cm³/mol. The topological polar surface area (TPSA) is 87.5 Å². The van der Waals surface area contributed by atoms with Crippen LogP contribution >= 0.6 is 11.6 Å². The molecule has 1 aromatic carbocycles. The van der Waals surface area contributed by atoms with Crippen molar-refractivity contribution in [2.75, 3.05) is 7.05 Å². The summed E-state index contributed by atoms with van der Waals surface area (Å²) in [6.45, 7) is 0. The van der Waals surface area contributed by atoms with Crippen LogP contribution < -0.4 is 9.44 Å². The van der Waals surface area contributed by atoms with Gasteiger partial charge in [-0.05, 0) is 61.4 Å². The van der Waals surface area contributed by atoms with Crippen molar-refractivity contribution < 1.29 is 12.8 Å². The van der Waals surface area contributed by atoms with Gasteiger partial charge in [-0.3, -0.25) is 0 Å². The van der Waals surface area contributed by atoms with E-state index < -0.39 is 10.2 Å². The van der Waals surface area contributed by atoms with Crippen molar-refractivity contribution >= 4 is 32.9 Å². The van der Waals surface area contributed by atoms with Crippen LogP contribution in [0, 0.1) is 5.41 Å². The minimum absolute atomic E-state index is 0.315. The first kappa shape index (κ1) is 19.1. The largest absolute Gasteiger partial charge is 0.440 e. The van der Waals surface area contributed by atoms with Crippen molar-refractivity contribution in [3.8, 4) is 0 Å². The van der Waals surface area contributed by atoms with Gasteiger partial charge in [0.25, 0.3) is 10.2 Å². The maximum absolute atomic E-state index is 11.9. The molecule has 0 saturated heterocycles. The van der Waals surface area contributed by atoms with Crippen LogP contribution in [0.5, 0.6) is 0 Å². The van der Waals surface area contributed by atoms with E-state index in [4.69, 9.17) is 16.0 Å². The predicted octanol–water partition coefficient (Wildman–Crippen LogP) is 3.27. The van der Waals surface area contributed by atoms with Crippen molar-refractivity contribution in [3.05, 3.63) is 53.5 Å². The molecule has 2 aliphatic carbocycles. The lowest BCUT2D eigenvalue weighted by Gasteiger charge is -2.60. The second-order valence-electron chi connectivity index (χ2n) is 8.28. The third-order valence-electron chi connectivity index (χ3n) is 6.36. The zero-order valence-corrected chi connectivity index (χ0v) is 17.6. The second-order valence-corrected chi connectivity index (χ2v) is 10.4. The summed E-state index contributed by atoms with van der Waals surface area (Å²) in [7, 11) is -2.10. The Kier molecular flexibility index (Phi) is 4.51. The number of nitrogens with zero attached hydrogens (tertiary/aromatic N) is 2. The number of hydrogen-bond donors (Lipinski definition) is 2. The number of fused-ring (bicyclic) bond motifs is 1. The summed E-state index contributed by atoms with van der Waals surface area (Å²) in [5.74, 6) is 1.15. The van der Waals surface area contributed by atoms with Crippen molar-refractivity contribution in [2.24, 2.45) is 5.41 Å². The van der Waals surface area contributed by atoms with Gasteiger partial charge in [-0.25, -0.2) is 9.71 Å². The van der Waals surface area contributed by atoms with Crippen LogP contribution in [0.1, 0.15) is 37.5 Å². The first-order chi connectivity index (χ1) is 13.9. The van der Waals surface area contributed by atoms with Crippen molar-refractivity contribution in [2.45, 2.75) is 43.8 Å². The zero-order chi connectivity index (χ0) is 20.2. The average Bonchev–Trinajstić information content (AvgIpc) is 3.03. The smallest absolute Gasteiger partial charge is 0.278 e. The monoisotopic (exact) mass is 434 g/mol. The Morgan fingerprint density at radius 3 is 2.79 bits per heavy atom. The van der Waals surface area contributed by atoms with E-state index in [9.17, 15) is 8.42 Å². The average molecular weight is 435 g/mol. The van der Waals surface area contributed by atoms with E-state index in [-0.39, 0.29) is 6.17 Å². The number of oxazole rings is 1. The highest BCUT2D eigenvalue weighted by Crippen LogP contribution is 2.63. The summed E-state index contributed by atoms with van der Waals surface area (Å²) >= 11 is 6.04. The summed E-state index contributed by atoms with van der Waals surface area (Å²) in [6.07, 6.45) is 11.5. The van der Waals surface area contributed by atoms with Gasteiger partial charge in [-0.2, -0.15) is 13.1 Å². The number of aromatic nitrogens is 1. The van der Waals surface area contributed by atoms with Crippen molar-refractivity contribution in [1.29, 1.82) is 0 Å². The van der Waals surface area contributed by atoms with Gasteiger partial charge in [0.1, 0.15) is 11.7 Å². The molecule has 154 valence electrons. The summed E-state index contributed by atoms with van der Waals surface area (Å²) in [6, 6.07) is 5.84. The minimum Gasteiger partial charge on any atom is -0.440 e. The fraction of sp³-hybridized carbons (Fsp3) is 0.450. The third kappa shape index (κ3) is 3.48. The standard InChI is InChI=1S/C20H23ClN4O3S/c1-22-29(26,27)24-18-4-2-3-7-25(18)15-11-20(12-15)9-13(10-20)19-23-16-8-14(21)5-6-17(16)28-19/h2-8,13,15,18,22,24H,9-12H2,1H3. The van der Waals surface area contributed by atoms with Crippen LogP contribution in [0.15, 0.2) is 47.0 Å².